The lowest BCUT2D eigenvalue weighted by Gasteiger charge is -2.29. The highest BCUT2D eigenvalue weighted by Crippen LogP contribution is 2.36. The zero-order chi connectivity index (χ0) is 17.2. The highest BCUT2D eigenvalue weighted by atomic mass is 32.2. The Bertz CT molecular complexity index is 797. The van der Waals surface area contributed by atoms with Gasteiger partial charge in [-0.1, -0.05) is 54.1 Å². The molecule has 4 heteroatoms. The highest BCUT2D eigenvalue weighted by Gasteiger charge is 2.28. The maximum absolute atomic E-state index is 11.7. The summed E-state index contributed by atoms with van der Waals surface area (Å²) in [5, 5.41) is 0. The quantitative estimate of drug-likeness (QED) is 0.805. The van der Waals surface area contributed by atoms with Gasteiger partial charge < -0.3 is 0 Å². The largest absolute Gasteiger partial charge is 0.291 e. The van der Waals surface area contributed by atoms with E-state index in [1.165, 1.54) is 28.5 Å². The first-order chi connectivity index (χ1) is 11.4. The number of fused-ring (bicyclic) bond motifs is 1. The summed E-state index contributed by atoms with van der Waals surface area (Å²) < 4.78 is 23.3. The molecule has 0 spiro atoms. The number of hydrogen-bond acceptors (Lipinski definition) is 3. The molecule has 24 heavy (non-hydrogen) atoms. The monoisotopic (exact) mass is 343 g/mol. The Balaban J connectivity index is 1.83. The molecular weight excluding hydrogens is 318 g/mol. The van der Waals surface area contributed by atoms with Crippen molar-refractivity contribution in [3.8, 4) is 0 Å². The van der Waals surface area contributed by atoms with Crippen LogP contribution in [-0.4, -0.2) is 31.9 Å². The van der Waals surface area contributed by atoms with E-state index in [-0.39, 0.29) is 5.75 Å². The second-order valence-electron chi connectivity index (χ2n) is 6.84. The number of aryl methyl sites for hydroxylation is 2. The fraction of sp³-hybridized carbons (Fsp3) is 0.400. The molecule has 0 radical (unpaired) electrons. The van der Waals surface area contributed by atoms with Gasteiger partial charge in [-0.25, -0.2) is 8.42 Å². The van der Waals surface area contributed by atoms with E-state index >= 15 is 0 Å². The minimum absolute atomic E-state index is 0.206. The van der Waals surface area contributed by atoms with Crippen LogP contribution in [0.2, 0.25) is 0 Å². The summed E-state index contributed by atoms with van der Waals surface area (Å²) in [6, 6.07) is 17.4. The van der Waals surface area contributed by atoms with E-state index in [2.05, 4.69) is 60.4 Å². The van der Waals surface area contributed by atoms with Crippen molar-refractivity contribution < 1.29 is 8.42 Å². The topological polar surface area (TPSA) is 37.4 Å². The van der Waals surface area contributed by atoms with Crippen LogP contribution in [0.1, 0.15) is 34.7 Å². The van der Waals surface area contributed by atoms with Crippen LogP contribution in [0.4, 0.5) is 0 Å². The number of rotatable bonds is 6. The predicted molar refractivity (Wildman–Crippen MR) is 98.8 cm³/mol. The third-order valence-corrected chi connectivity index (χ3v) is 5.72. The van der Waals surface area contributed by atoms with Gasteiger partial charge in [0.25, 0.3) is 0 Å². The second-order valence-corrected chi connectivity index (χ2v) is 9.10. The van der Waals surface area contributed by atoms with Gasteiger partial charge in [0, 0.05) is 25.4 Å². The smallest absolute Gasteiger partial charge is 0.148 e. The standard InChI is InChI=1S/C20H25NO2S/c1-16-7-9-17(10-8-16)15-21(13-14-24(2,22)23)20-12-11-18-5-3-4-6-19(18)20/h3-10,20H,11-15H2,1-2H3. The molecule has 128 valence electrons. The molecule has 0 aliphatic heterocycles. The number of hydrogen-bond donors (Lipinski definition) is 0. The molecule has 3 nitrogen and oxygen atoms in total. The summed E-state index contributed by atoms with van der Waals surface area (Å²) >= 11 is 0. The first-order valence-electron chi connectivity index (χ1n) is 8.47. The molecule has 1 unspecified atom stereocenters. The summed E-state index contributed by atoms with van der Waals surface area (Å²) in [6.07, 6.45) is 3.46. The zero-order valence-corrected chi connectivity index (χ0v) is 15.2. The van der Waals surface area contributed by atoms with Gasteiger partial charge in [0.05, 0.1) is 5.75 Å². The molecular formula is C20H25NO2S. The lowest BCUT2D eigenvalue weighted by Crippen LogP contribution is -2.31. The van der Waals surface area contributed by atoms with Gasteiger partial charge >= 0.3 is 0 Å². The zero-order valence-electron chi connectivity index (χ0n) is 14.4. The third kappa shape index (κ3) is 4.25. The number of sulfone groups is 1. The van der Waals surface area contributed by atoms with E-state index < -0.39 is 9.84 Å². The van der Waals surface area contributed by atoms with Gasteiger partial charge in [-0.2, -0.15) is 0 Å². The first kappa shape index (κ1) is 17.2. The van der Waals surface area contributed by atoms with Crippen LogP contribution in [0.15, 0.2) is 48.5 Å². The molecule has 0 N–H and O–H groups in total. The Kier molecular flexibility index (Phi) is 5.07. The third-order valence-electron chi connectivity index (χ3n) is 4.80. The van der Waals surface area contributed by atoms with Crippen LogP contribution < -0.4 is 0 Å². The summed E-state index contributed by atoms with van der Waals surface area (Å²) in [4.78, 5) is 2.33. The van der Waals surface area contributed by atoms with Crippen LogP contribution >= 0.6 is 0 Å². The average molecular weight is 343 g/mol. The minimum Gasteiger partial charge on any atom is -0.291 e. The predicted octanol–water partition coefficient (Wildman–Crippen LogP) is 3.53. The van der Waals surface area contributed by atoms with Crippen molar-refractivity contribution in [2.75, 3.05) is 18.6 Å². The maximum Gasteiger partial charge on any atom is 0.148 e. The Morgan fingerprint density at radius 1 is 1.08 bits per heavy atom. The molecule has 0 heterocycles. The Hall–Kier alpha value is -1.65. The van der Waals surface area contributed by atoms with Gasteiger partial charge in [-0.15, -0.1) is 0 Å². The molecule has 0 bridgehead atoms. The lowest BCUT2D eigenvalue weighted by atomic mass is 10.1. The fourth-order valence-corrected chi connectivity index (χ4v) is 4.04. The van der Waals surface area contributed by atoms with Gasteiger partial charge in [-0.05, 0) is 36.5 Å². The number of nitrogens with zero attached hydrogens (tertiary/aromatic N) is 1. The summed E-state index contributed by atoms with van der Waals surface area (Å²) in [6.45, 7) is 3.44. The van der Waals surface area contributed by atoms with Gasteiger partial charge in [0.1, 0.15) is 9.84 Å². The summed E-state index contributed by atoms with van der Waals surface area (Å²) in [7, 11) is -2.97. The van der Waals surface area contributed by atoms with E-state index in [4.69, 9.17) is 0 Å². The van der Waals surface area contributed by atoms with E-state index in [0.717, 1.165) is 19.4 Å². The Morgan fingerprint density at radius 2 is 1.79 bits per heavy atom. The molecule has 2 aromatic rings. The Morgan fingerprint density at radius 3 is 2.50 bits per heavy atom. The van der Waals surface area contributed by atoms with Crippen molar-refractivity contribution in [2.24, 2.45) is 0 Å². The molecule has 1 aliphatic rings. The van der Waals surface area contributed by atoms with E-state index in [1.807, 2.05) is 0 Å². The van der Waals surface area contributed by atoms with Gasteiger partial charge in [0.2, 0.25) is 0 Å². The Labute approximate surface area is 145 Å². The molecule has 0 aromatic heterocycles. The van der Waals surface area contributed by atoms with Crippen LogP contribution in [-0.2, 0) is 22.8 Å². The van der Waals surface area contributed by atoms with Crippen molar-refractivity contribution >= 4 is 9.84 Å². The fourth-order valence-electron chi connectivity index (χ4n) is 3.47. The van der Waals surface area contributed by atoms with E-state index in [0.29, 0.717) is 12.6 Å². The van der Waals surface area contributed by atoms with E-state index in [9.17, 15) is 8.42 Å². The molecule has 0 saturated carbocycles. The lowest BCUT2D eigenvalue weighted by molar-refractivity contribution is 0.199. The van der Waals surface area contributed by atoms with Crippen molar-refractivity contribution in [1.82, 2.24) is 4.90 Å². The van der Waals surface area contributed by atoms with Crippen LogP contribution in [0.5, 0.6) is 0 Å². The molecule has 2 aromatic carbocycles. The van der Waals surface area contributed by atoms with E-state index in [1.54, 1.807) is 0 Å². The molecule has 1 atom stereocenters. The van der Waals surface area contributed by atoms with Crippen LogP contribution in [0.3, 0.4) is 0 Å². The van der Waals surface area contributed by atoms with Crippen molar-refractivity contribution in [2.45, 2.75) is 32.4 Å². The summed E-state index contributed by atoms with van der Waals surface area (Å²) in [5.41, 5.74) is 5.24. The van der Waals surface area contributed by atoms with Crippen molar-refractivity contribution in [3.63, 3.8) is 0 Å². The van der Waals surface area contributed by atoms with Crippen molar-refractivity contribution in [3.05, 3.63) is 70.8 Å². The second kappa shape index (κ2) is 7.08. The normalized spacial score (nSPS) is 17.2. The van der Waals surface area contributed by atoms with Gasteiger partial charge in [0.15, 0.2) is 0 Å². The first-order valence-corrected chi connectivity index (χ1v) is 10.5. The molecule has 0 saturated heterocycles. The van der Waals surface area contributed by atoms with Crippen LogP contribution in [0.25, 0.3) is 0 Å². The minimum atomic E-state index is -2.97. The number of benzene rings is 2. The summed E-state index contributed by atoms with van der Waals surface area (Å²) in [5.74, 6) is 0.206. The molecule has 3 rings (SSSR count). The molecule has 0 fully saturated rings. The SMILES string of the molecule is Cc1ccc(CN(CCS(C)(=O)=O)C2CCc3ccccc32)cc1. The molecule has 1 aliphatic carbocycles. The highest BCUT2D eigenvalue weighted by molar-refractivity contribution is 7.90. The van der Waals surface area contributed by atoms with Gasteiger partial charge in [-0.3, -0.25) is 4.90 Å². The molecule has 0 amide bonds. The maximum atomic E-state index is 11.7. The van der Waals surface area contributed by atoms with Crippen LogP contribution in [0, 0.1) is 6.92 Å². The average Bonchev–Trinajstić information content (AvgIpc) is 2.96. The van der Waals surface area contributed by atoms with Crippen molar-refractivity contribution in [1.29, 1.82) is 0 Å².